The predicted octanol–water partition coefficient (Wildman–Crippen LogP) is 5.32. The molecule has 1 amide bonds. The number of nitrogens with one attached hydrogen (secondary N) is 1. The highest BCUT2D eigenvalue weighted by molar-refractivity contribution is 8.00. The normalized spacial score (nSPS) is 12.4. The maximum absolute atomic E-state index is 12.8. The third-order valence-corrected chi connectivity index (χ3v) is 6.36. The summed E-state index contributed by atoms with van der Waals surface area (Å²) < 4.78 is 2.08. The summed E-state index contributed by atoms with van der Waals surface area (Å²) in [5.74, 6) is -0.0237. The number of anilines is 1. The molecule has 2 aromatic heterocycles. The van der Waals surface area contributed by atoms with E-state index in [0.717, 1.165) is 22.0 Å². The number of aromatic nitrogens is 3. The van der Waals surface area contributed by atoms with Crippen molar-refractivity contribution in [3.8, 4) is 0 Å². The van der Waals surface area contributed by atoms with E-state index in [1.165, 1.54) is 33.8 Å². The number of hydrogen-bond donors (Lipinski definition) is 1. The van der Waals surface area contributed by atoms with Gasteiger partial charge in [-0.05, 0) is 62.6 Å². The average Bonchev–Trinajstić information content (AvgIpc) is 3.08. The number of carbonyl (C=O) groups excluding carboxylic acids is 1. The zero-order chi connectivity index (χ0) is 20.5. The molecule has 0 saturated heterocycles. The highest BCUT2D eigenvalue weighted by Gasteiger charge is 2.22. The lowest BCUT2D eigenvalue weighted by atomic mass is 10.0. The number of hydrogen-bond acceptors (Lipinski definition) is 4. The zero-order valence-electron chi connectivity index (χ0n) is 17.1. The summed E-state index contributed by atoms with van der Waals surface area (Å²) in [6, 6.07) is 16.0. The number of amides is 1. The fraction of sp³-hybridized carbons (Fsp3) is 0.261. The van der Waals surface area contributed by atoms with Crippen LogP contribution in [-0.2, 0) is 4.79 Å². The Balaban J connectivity index is 1.74. The SMILES string of the molecule is CCC(Sc1nnc2cc(C)c3cc(C)cc(C)c3n12)C(=O)Nc1ccccc1. The third-order valence-electron chi connectivity index (χ3n) is 5.05. The molecule has 0 bridgehead atoms. The molecule has 29 heavy (non-hydrogen) atoms. The monoisotopic (exact) mass is 404 g/mol. The Kier molecular flexibility index (Phi) is 5.28. The number of para-hydroxylation sites is 1. The first-order valence-electron chi connectivity index (χ1n) is 9.76. The number of rotatable bonds is 5. The van der Waals surface area contributed by atoms with Gasteiger partial charge in [-0.15, -0.1) is 10.2 Å². The number of aryl methyl sites for hydroxylation is 3. The molecule has 0 radical (unpaired) electrons. The largest absolute Gasteiger partial charge is 0.325 e. The molecule has 6 heteroatoms. The van der Waals surface area contributed by atoms with Crippen LogP contribution in [0.5, 0.6) is 0 Å². The first-order chi connectivity index (χ1) is 14.0. The minimum absolute atomic E-state index is 0.0237. The van der Waals surface area contributed by atoms with Crippen LogP contribution in [0.25, 0.3) is 16.6 Å². The van der Waals surface area contributed by atoms with E-state index in [0.29, 0.717) is 6.42 Å². The summed E-state index contributed by atoms with van der Waals surface area (Å²) in [4.78, 5) is 12.8. The molecule has 0 spiro atoms. The van der Waals surface area contributed by atoms with Crippen molar-refractivity contribution in [2.75, 3.05) is 5.32 Å². The number of nitrogens with zero attached hydrogens (tertiary/aromatic N) is 3. The topological polar surface area (TPSA) is 59.3 Å². The molecule has 0 aliphatic rings. The van der Waals surface area contributed by atoms with E-state index in [1.807, 2.05) is 37.3 Å². The van der Waals surface area contributed by atoms with Gasteiger partial charge in [0, 0.05) is 11.1 Å². The first kappa shape index (κ1) is 19.5. The fourth-order valence-corrected chi connectivity index (χ4v) is 4.65. The molecule has 1 N–H and O–H groups in total. The van der Waals surface area contributed by atoms with Crippen molar-refractivity contribution in [3.05, 3.63) is 65.2 Å². The molecule has 0 fully saturated rings. The van der Waals surface area contributed by atoms with E-state index >= 15 is 0 Å². The van der Waals surface area contributed by atoms with Crippen molar-refractivity contribution < 1.29 is 4.79 Å². The lowest BCUT2D eigenvalue weighted by molar-refractivity contribution is -0.115. The highest BCUT2D eigenvalue weighted by atomic mass is 32.2. The Bertz CT molecular complexity index is 1200. The van der Waals surface area contributed by atoms with Crippen LogP contribution in [0.4, 0.5) is 5.69 Å². The molecule has 0 aliphatic carbocycles. The van der Waals surface area contributed by atoms with Crippen LogP contribution in [0.2, 0.25) is 0 Å². The maximum atomic E-state index is 12.8. The number of pyridine rings is 1. The number of carbonyl (C=O) groups is 1. The van der Waals surface area contributed by atoms with Crippen LogP contribution < -0.4 is 5.32 Å². The smallest absolute Gasteiger partial charge is 0.237 e. The maximum Gasteiger partial charge on any atom is 0.237 e. The van der Waals surface area contributed by atoms with Gasteiger partial charge < -0.3 is 5.32 Å². The van der Waals surface area contributed by atoms with Crippen molar-refractivity contribution in [1.82, 2.24) is 14.6 Å². The van der Waals surface area contributed by atoms with Crippen LogP contribution in [0.3, 0.4) is 0 Å². The average molecular weight is 405 g/mol. The summed E-state index contributed by atoms with van der Waals surface area (Å²) in [6.07, 6.45) is 0.695. The van der Waals surface area contributed by atoms with Gasteiger partial charge in [-0.3, -0.25) is 9.20 Å². The quantitative estimate of drug-likeness (QED) is 0.458. The van der Waals surface area contributed by atoms with Gasteiger partial charge in [0.2, 0.25) is 5.91 Å². The van der Waals surface area contributed by atoms with Gasteiger partial charge in [0.15, 0.2) is 10.8 Å². The molecule has 1 unspecified atom stereocenters. The van der Waals surface area contributed by atoms with Crippen LogP contribution in [-0.4, -0.2) is 25.8 Å². The Labute approximate surface area is 174 Å². The van der Waals surface area contributed by atoms with Crippen molar-refractivity contribution in [1.29, 1.82) is 0 Å². The van der Waals surface area contributed by atoms with Gasteiger partial charge >= 0.3 is 0 Å². The van der Waals surface area contributed by atoms with E-state index in [1.54, 1.807) is 0 Å². The van der Waals surface area contributed by atoms with Crippen molar-refractivity contribution >= 4 is 39.9 Å². The van der Waals surface area contributed by atoms with E-state index < -0.39 is 0 Å². The van der Waals surface area contributed by atoms with E-state index in [2.05, 4.69) is 58.9 Å². The van der Waals surface area contributed by atoms with Gasteiger partial charge in [0.05, 0.1) is 10.8 Å². The standard InChI is InChI=1S/C23H24N4OS/c1-5-19(22(28)24-17-9-7-6-8-10-17)29-23-26-25-20-13-15(3)18-12-14(2)11-16(4)21(18)27(20)23/h6-13,19H,5H2,1-4H3,(H,24,28). The van der Waals surface area contributed by atoms with Crippen molar-refractivity contribution in [2.45, 2.75) is 44.5 Å². The predicted molar refractivity (Wildman–Crippen MR) is 120 cm³/mol. The van der Waals surface area contributed by atoms with Crippen LogP contribution in [0, 0.1) is 20.8 Å². The number of thioether (sulfide) groups is 1. The molecule has 2 heterocycles. The molecule has 0 aliphatic heterocycles. The number of benzene rings is 2. The van der Waals surface area contributed by atoms with E-state index in [4.69, 9.17) is 0 Å². The molecule has 148 valence electrons. The lowest BCUT2D eigenvalue weighted by Gasteiger charge is -2.15. The van der Waals surface area contributed by atoms with Crippen molar-refractivity contribution in [3.63, 3.8) is 0 Å². The fourth-order valence-electron chi connectivity index (χ4n) is 3.68. The number of fused-ring (bicyclic) bond motifs is 3. The minimum atomic E-state index is -0.260. The summed E-state index contributed by atoms with van der Waals surface area (Å²) in [5.41, 5.74) is 6.30. The summed E-state index contributed by atoms with van der Waals surface area (Å²) in [7, 11) is 0. The van der Waals surface area contributed by atoms with E-state index in [9.17, 15) is 4.79 Å². The zero-order valence-corrected chi connectivity index (χ0v) is 17.9. The Morgan fingerprint density at radius 2 is 1.83 bits per heavy atom. The second kappa shape index (κ2) is 7.87. The second-order valence-electron chi connectivity index (χ2n) is 7.35. The van der Waals surface area contributed by atoms with Gasteiger partial charge in [0.25, 0.3) is 0 Å². The minimum Gasteiger partial charge on any atom is -0.325 e. The second-order valence-corrected chi connectivity index (χ2v) is 8.52. The first-order valence-corrected chi connectivity index (χ1v) is 10.6. The Morgan fingerprint density at radius 1 is 1.07 bits per heavy atom. The molecule has 4 rings (SSSR count). The molecule has 5 nitrogen and oxygen atoms in total. The molecule has 1 atom stereocenters. The van der Waals surface area contributed by atoms with E-state index in [-0.39, 0.29) is 11.2 Å². The van der Waals surface area contributed by atoms with Crippen LogP contribution >= 0.6 is 11.8 Å². The van der Waals surface area contributed by atoms with Gasteiger partial charge in [-0.25, -0.2) is 0 Å². The van der Waals surface area contributed by atoms with Crippen LogP contribution in [0.1, 0.15) is 30.0 Å². The Hall–Kier alpha value is -2.86. The summed E-state index contributed by atoms with van der Waals surface area (Å²) >= 11 is 1.46. The van der Waals surface area contributed by atoms with Gasteiger partial charge in [0.1, 0.15) is 0 Å². The third kappa shape index (κ3) is 3.72. The van der Waals surface area contributed by atoms with Crippen LogP contribution in [0.15, 0.2) is 53.7 Å². The lowest BCUT2D eigenvalue weighted by Crippen LogP contribution is -2.24. The van der Waals surface area contributed by atoms with Gasteiger partial charge in [-0.1, -0.05) is 48.5 Å². The summed E-state index contributed by atoms with van der Waals surface area (Å²) in [5, 5.41) is 13.5. The summed E-state index contributed by atoms with van der Waals surface area (Å²) in [6.45, 7) is 8.34. The molecular weight excluding hydrogens is 380 g/mol. The molecule has 0 saturated carbocycles. The van der Waals surface area contributed by atoms with Crippen molar-refractivity contribution in [2.24, 2.45) is 0 Å². The molecule has 4 aromatic rings. The molecule has 2 aromatic carbocycles. The molecular formula is C23H24N4OS. The Morgan fingerprint density at radius 3 is 2.55 bits per heavy atom. The van der Waals surface area contributed by atoms with Gasteiger partial charge in [-0.2, -0.15) is 0 Å². The highest BCUT2D eigenvalue weighted by Crippen LogP contribution is 2.31.